The van der Waals surface area contributed by atoms with E-state index in [2.05, 4.69) is 59.2 Å². The number of aromatic nitrogens is 1. The predicted octanol–water partition coefficient (Wildman–Crippen LogP) is 8.83. The van der Waals surface area contributed by atoms with Gasteiger partial charge in [0.2, 0.25) is 0 Å². The molecule has 4 aliphatic heterocycles. The van der Waals surface area contributed by atoms with Crippen LogP contribution in [0.5, 0.6) is 0 Å². The van der Waals surface area contributed by atoms with E-state index in [1.807, 2.05) is 66.7 Å². The Bertz CT molecular complexity index is 2410. The van der Waals surface area contributed by atoms with E-state index >= 15 is 0 Å². The quantitative estimate of drug-likeness (QED) is 0.0222. The first kappa shape index (κ1) is 61.2. The van der Waals surface area contributed by atoms with E-state index < -0.39 is 5.76 Å². The van der Waals surface area contributed by atoms with Gasteiger partial charge in [0.05, 0.1) is 11.2 Å². The Hall–Kier alpha value is -4.32. The molecule has 5 aromatic rings. The van der Waals surface area contributed by atoms with Gasteiger partial charge < -0.3 is 30.7 Å². The summed E-state index contributed by atoms with van der Waals surface area (Å²) in [6, 6.07) is 26.4. The molecule has 3 N–H and O–H groups in total. The Labute approximate surface area is 461 Å². The Morgan fingerprint density at radius 3 is 1.63 bits per heavy atom. The maximum absolute atomic E-state index is 13.1. The average molecular weight is 1090 g/mol. The summed E-state index contributed by atoms with van der Waals surface area (Å²) in [4.78, 5) is 36.2. The molecule has 0 saturated carbocycles. The van der Waals surface area contributed by atoms with Crippen LogP contribution in [0.25, 0.3) is 11.1 Å². The summed E-state index contributed by atoms with van der Waals surface area (Å²) in [7, 11) is 0. The maximum atomic E-state index is 13.1. The number of carbonyl (C=O) groups is 1. The average Bonchev–Trinajstić information content (AvgIpc) is 4.05. The Balaban J connectivity index is 0.000000286. The van der Waals surface area contributed by atoms with Crippen LogP contribution in [0.1, 0.15) is 87.9 Å². The summed E-state index contributed by atoms with van der Waals surface area (Å²) in [6.07, 6.45) is 18.4. The van der Waals surface area contributed by atoms with Crippen molar-refractivity contribution < 1.29 is 68.3 Å². The van der Waals surface area contributed by atoms with Crippen molar-refractivity contribution in [2.45, 2.75) is 89.6 Å². The van der Waals surface area contributed by atoms with Gasteiger partial charge in [0, 0.05) is 36.8 Å². The molecule has 4 aliphatic rings. The second-order valence-corrected chi connectivity index (χ2v) is 19.6. The number of benzene rings is 4. The van der Waals surface area contributed by atoms with Crippen molar-refractivity contribution in [3.8, 4) is 0 Å². The molecule has 0 radical (unpaired) electrons. The molecule has 0 aliphatic carbocycles. The molecule has 11 nitrogen and oxygen atoms in total. The molecule has 0 amide bonds. The van der Waals surface area contributed by atoms with Crippen LogP contribution >= 0.6 is 15.9 Å². The van der Waals surface area contributed by atoms with Crippen molar-refractivity contribution in [2.75, 3.05) is 57.7 Å². The standard InChI is InChI=1S/C24H26FN3O3.C16H22FN.C12H16FN.C4H7Br.CH2O3.Na.H/c25-19-4-1-16(2-5-19)13-17-7-10-28(11-8-17)12-9-20-15-22(27-31-20)18-3-6-21-23(14-18)30-24(29)26-21;1-2-3-10-18-11-8-15(9-12-18)13-14-4-6-16(17)7-5-14;13-12-3-1-10(2-4-12)9-11-5-7-14-8-6-11;1-2-3-4-5;2-1-4-3;;/h1-6,14,17,20H,7-13,15H2,(H,26,29);2,4-7,15H,1,3,8-13H2;1-4,11,14H,5-9H2;2H,1,3-4H2;1,3H;;/q;;;;;+1;-1. The summed E-state index contributed by atoms with van der Waals surface area (Å²) >= 11 is 3.24. The van der Waals surface area contributed by atoms with Gasteiger partial charge in [0.15, 0.2) is 5.58 Å². The number of carbonyl (C=O) groups excluding carboxylic acids is 1. The van der Waals surface area contributed by atoms with Crippen LogP contribution in [0, 0.1) is 35.2 Å². The Kier molecular flexibility index (Phi) is 29.4. The largest absolute Gasteiger partial charge is 1.00 e. The number of rotatable bonds is 16. The molecule has 1 unspecified atom stereocenters. The Morgan fingerprint density at radius 2 is 1.19 bits per heavy atom. The third kappa shape index (κ3) is 23.4. The molecule has 9 rings (SSSR count). The summed E-state index contributed by atoms with van der Waals surface area (Å²) in [5.41, 5.74) is 6.80. The molecule has 1 aromatic heterocycles. The van der Waals surface area contributed by atoms with E-state index in [1.165, 1.54) is 68.3 Å². The zero-order valence-corrected chi connectivity index (χ0v) is 46.1. The van der Waals surface area contributed by atoms with Crippen LogP contribution in [0.4, 0.5) is 13.2 Å². The van der Waals surface area contributed by atoms with Crippen LogP contribution in [0.3, 0.4) is 0 Å². The van der Waals surface area contributed by atoms with Crippen molar-refractivity contribution in [1.82, 2.24) is 20.1 Å². The molecule has 4 aromatic carbocycles. The number of hydrogen-bond donors (Lipinski definition) is 3. The van der Waals surface area contributed by atoms with Crippen molar-refractivity contribution in [3.05, 3.63) is 167 Å². The zero-order valence-electron chi connectivity index (χ0n) is 43.5. The molecule has 5 heterocycles. The molecule has 16 heteroatoms. The fourth-order valence-electron chi connectivity index (χ4n) is 9.33. The summed E-state index contributed by atoms with van der Waals surface area (Å²) < 4.78 is 43.7. The second kappa shape index (κ2) is 35.0. The minimum Gasteiger partial charge on any atom is -1.00 e. The Morgan fingerprint density at radius 1 is 0.726 bits per heavy atom. The molecule has 3 saturated heterocycles. The number of nitrogens with zero attached hydrogens (tertiary/aromatic N) is 3. The van der Waals surface area contributed by atoms with E-state index in [0.29, 0.717) is 17.0 Å². The number of allylic oxidation sites excluding steroid dienone is 1. The zero-order chi connectivity index (χ0) is 51.3. The van der Waals surface area contributed by atoms with Gasteiger partial charge in [-0.05, 0) is 193 Å². The molecule has 0 bridgehead atoms. The number of aromatic amines is 1. The van der Waals surface area contributed by atoms with Gasteiger partial charge >= 0.3 is 41.8 Å². The first-order chi connectivity index (χ1) is 35.1. The molecular weight excluding hydrogens is 1010 g/mol. The first-order valence-electron chi connectivity index (χ1n) is 25.3. The number of halogens is 4. The first-order valence-corrected chi connectivity index (χ1v) is 26.5. The number of H-pyrrole nitrogens is 1. The summed E-state index contributed by atoms with van der Waals surface area (Å²) in [5, 5.41) is 15.7. The number of likely N-dealkylation sites (tertiary alicyclic amines) is 2. The number of alkyl halides is 1. The van der Waals surface area contributed by atoms with Gasteiger partial charge in [0.1, 0.15) is 23.6 Å². The van der Waals surface area contributed by atoms with Gasteiger partial charge in [-0.1, -0.05) is 75.7 Å². The van der Waals surface area contributed by atoms with Gasteiger partial charge in [-0.25, -0.2) is 23.2 Å². The number of piperidine rings is 3. The smallest absolute Gasteiger partial charge is 1.00 e. The molecule has 0 spiro atoms. The number of oxazole rings is 1. The van der Waals surface area contributed by atoms with Crippen LogP contribution in [0.2, 0.25) is 0 Å². The third-order valence-electron chi connectivity index (χ3n) is 13.4. The molecule has 73 heavy (non-hydrogen) atoms. The van der Waals surface area contributed by atoms with Gasteiger partial charge in [-0.15, -0.1) is 13.2 Å². The van der Waals surface area contributed by atoms with E-state index in [1.54, 1.807) is 36.4 Å². The van der Waals surface area contributed by atoms with Crippen molar-refractivity contribution in [2.24, 2.45) is 22.9 Å². The van der Waals surface area contributed by atoms with Crippen LogP contribution in [-0.2, 0) is 33.8 Å². The van der Waals surface area contributed by atoms with Crippen LogP contribution in [-0.4, -0.2) is 96.0 Å². The molecule has 3 fully saturated rings. The maximum Gasteiger partial charge on any atom is 1.00 e. The van der Waals surface area contributed by atoms with Gasteiger partial charge in [0.25, 0.3) is 0 Å². The van der Waals surface area contributed by atoms with E-state index in [0.717, 1.165) is 113 Å². The number of hydrogen-bond acceptors (Lipinski definition) is 10. The summed E-state index contributed by atoms with van der Waals surface area (Å²) in [6.45, 7) is 16.2. The van der Waals surface area contributed by atoms with Crippen molar-refractivity contribution >= 4 is 39.2 Å². The van der Waals surface area contributed by atoms with Crippen molar-refractivity contribution in [1.29, 1.82) is 0 Å². The SMILES string of the molecule is C=CCCBr.C=CCCN1CCC(Cc2ccc(F)cc2)CC1.Fc1ccc(CC2CCNCC2)cc1.O=COO.O=c1[nH]c2ccc(C3=NOC(CCN4CCC(Cc5ccc(F)cc5)CC4)C3)cc2o1.[H-].[Na+]. The van der Waals surface area contributed by atoms with Crippen LogP contribution < -0.4 is 40.6 Å². The van der Waals surface area contributed by atoms with E-state index in [4.69, 9.17) is 19.3 Å². The van der Waals surface area contributed by atoms with Gasteiger partial charge in [-0.3, -0.25) is 9.78 Å². The van der Waals surface area contributed by atoms with E-state index in [9.17, 15) is 18.0 Å². The fourth-order valence-corrected chi connectivity index (χ4v) is 9.66. The monoisotopic (exact) mass is 1080 g/mol. The number of nitrogens with one attached hydrogen (secondary N) is 2. The minimum absolute atomic E-state index is 0. The minimum atomic E-state index is -0.448. The van der Waals surface area contributed by atoms with E-state index in [-0.39, 0.29) is 61.0 Å². The normalized spacial score (nSPS) is 17.3. The number of oxime groups is 1. The molecule has 392 valence electrons. The third-order valence-corrected chi connectivity index (χ3v) is 13.9. The predicted molar refractivity (Wildman–Crippen MR) is 286 cm³/mol. The summed E-state index contributed by atoms with van der Waals surface area (Å²) in [5.74, 6) is 1.31. The molecular formula is C57H74BrF3N5NaO6. The topological polar surface area (TPSA) is 133 Å². The molecule has 1 atom stereocenters. The van der Waals surface area contributed by atoms with Crippen molar-refractivity contribution in [3.63, 3.8) is 0 Å². The van der Waals surface area contributed by atoms with Gasteiger partial charge in [-0.2, -0.15) is 0 Å². The van der Waals surface area contributed by atoms with Crippen LogP contribution in [0.15, 0.2) is 131 Å². The number of fused-ring (bicyclic) bond motifs is 1. The second-order valence-electron chi connectivity index (χ2n) is 18.8. The fraction of sp³-hybridized carbons (Fsp3) is 0.456.